The molecule has 0 aliphatic rings. The molecule has 0 saturated carbocycles. The van der Waals surface area contributed by atoms with Crippen molar-refractivity contribution in [1.82, 2.24) is 14.7 Å². The smallest absolute Gasteiger partial charge is 0.304 e. The largest absolute Gasteiger partial charge is 0.481 e. The summed E-state index contributed by atoms with van der Waals surface area (Å²) in [5.74, 6) is -1.06. The molecule has 3 rings (SSSR count). The minimum Gasteiger partial charge on any atom is -0.481 e. The molecule has 1 aromatic carbocycles. The third kappa shape index (κ3) is 3.44. The third-order valence-corrected chi connectivity index (χ3v) is 4.97. The number of pyridine rings is 1. The maximum Gasteiger partial charge on any atom is 0.304 e. The van der Waals surface area contributed by atoms with Crippen LogP contribution in [0.4, 0.5) is 0 Å². The Hall–Kier alpha value is -2.71. The number of aliphatic carboxylic acids is 1. The quantitative estimate of drug-likeness (QED) is 0.632. The molecular weight excluding hydrogens is 330 g/mol. The maximum absolute atomic E-state index is 12.2. The van der Waals surface area contributed by atoms with Gasteiger partial charge in [-0.1, -0.05) is 12.1 Å². The standard InChI is InChI=1S/C16H15N3O4S/c20-15(21)5-7-19-24(22,23)14-3-1-2-11(9-14)13-8-12-4-6-17-16(12)18-10-13/h1-4,6,8-10,19H,5,7H2,(H,17,18)(H,20,21). The number of rotatable bonds is 6. The Labute approximate surface area is 138 Å². The van der Waals surface area contributed by atoms with Crippen LogP contribution in [0.15, 0.2) is 53.7 Å². The number of fused-ring (bicyclic) bond motifs is 1. The molecule has 0 bridgehead atoms. The molecule has 0 fully saturated rings. The van der Waals surface area contributed by atoms with Crippen LogP contribution >= 0.6 is 0 Å². The Morgan fingerprint density at radius 1 is 1.21 bits per heavy atom. The molecule has 7 nitrogen and oxygen atoms in total. The molecule has 24 heavy (non-hydrogen) atoms. The first kappa shape index (κ1) is 16.2. The molecule has 2 aromatic heterocycles. The van der Waals surface area contributed by atoms with E-state index in [0.29, 0.717) is 5.56 Å². The van der Waals surface area contributed by atoms with Crippen molar-refractivity contribution in [2.45, 2.75) is 11.3 Å². The van der Waals surface area contributed by atoms with Gasteiger partial charge in [0.05, 0.1) is 11.3 Å². The van der Waals surface area contributed by atoms with E-state index in [1.54, 1.807) is 30.6 Å². The van der Waals surface area contributed by atoms with Crippen LogP contribution in [0.2, 0.25) is 0 Å². The average Bonchev–Trinajstić information content (AvgIpc) is 3.02. The number of hydrogen-bond acceptors (Lipinski definition) is 4. The molecule has 0 amide bonds. The molecule has 3 aromatic rings. The predicted octanol–water partition coefficient (Wildman–Crippen LogP) is 1.98. The van der Waals surface area contributed by atoms with Gasteiger partial charge in [0.1, 0.15) is 5.65 Å². The number of H-pyrrole nitrogens is 1. The van der Waals surface area contributed by atoms with Gasteiger partial charge in [-0.25, -0.2) is 18.1 Å². The first-order valence-corrected chi connectivity index (χ1v) is 8.69. The van der Waals surface area contributed by atoms with E-state index in [1.165, 1.54) is 6.07 Å². The van der Waals surface area contributed by atoms with Crippen molar-refractivity contribution in [3.63, 3.8) is 0 Å². The lowest BCUT2D eigenvalue weighted by Gasteiger charge is -2.08. The number of nitrogens with one attached hydrogen (secondary N) is 2. The minimum atomic E-state index is -3.76. The van der Waals surface area contributed by atoms with E-state index in [0.717, 1.165) is 16.6 Å². The number of sulfonamides is 1. The average molecular weight is 345 g/mol. The van der Waals surface area contributed by atoms with E-state index in [4.69, 9.17) is 5.11 Å². The summed E-state index contributed by atoms with van der Waals surface area (Å²) < 4.78 is 26.8. The highest BCUT2D eigenvalue weighted by atomic mass is 32.2. The van der Waals surface area contributed by atoms with Gasteiger partial charge in [-0.05, 0) is 29.8 Å². The highest BCUT2D eigenvalue weighted by molar-refractivity contribution is 7.89. The Morgan fingerprint density at radius 3 is 2.83 bits per heavy atom. The van der Waals surface area contributed by atoms with Crippen LogP contribution in [0, 0.1) is 0 Å². The highest BCUT2D eigenvalue weighted by Crippen LogP contribution is 2.24. The molecular formula is C16H15N3O4S. The number of carbonyl (C=O) groups is 1. The zero-order valence-electron chi connectivity index (χ0n) is 12.6. The molecule has 0 spiro atoms. The Bertz CT molecular complexity index is 995. The van der Waals surface area contributed by atoms with Crippen molar-refractivity contribution >= 4 is 27.0 Å². The summed E-state index contributed by atoms with van der Waals surface area (Å²) in [7, 11) is -3.76. The predicted molar refractivity (Wildman–Crippen MR) is 89.0 cm³/mol. The van der Waals surface area contributed by atoms with Crippen LogP contribution in [-0.2, 0) is 14.8 Å². The number of hydrogen-bond donors (Lipinski definition) is 3. The Kier molecular flexibility index (Phi) is 4.32. The van der Waals surface area contributed by atoms with E-state index in [1.807, 2.05) is 12.1 Å². The molecule has 0 radical (unpaired) electrons. The van der Waals surface area contributed by atoms with Gasteiger partial charge in [0.15, 0.2) is 0 Å². The second kappa shape index (κ2) is 6.42. The van der Waals surface area contributed by atoms with Crippen LogP contribution < -0.4 is 4.72 Å². The molecule has 8 heteroatoms. The molecule has 0 saturated heterocycles. The van der Waals surface area contributed by atoms with Crippen LogP contribution in [0.1, 0.15) is 6.42 Å². The van der Waals surface area contributed by atoms with Gasteiger partial charge in [-0.2, -0.15) is 0 Å². The fraction of sp³-hybridized carbons (Fsp3) is 0.125. The van der Waals surface area contributed by atoms with Gasteiger partial charge in [-0.15, -0.1) is 0 Å². The van der Waals surface area contributed by atoms with Crippen molar-refractivity contribution in [3.05, 3.63) is 48.8 Å². The van der Waals surface area contributed by atoms with Gasteiger partial charge < -0.3 is 10.1 Å². The van der Waals surface area contributed by atoms with E-state index < -0.39 is 16.0 Å². The monoisotopic (exact) mass is 345 g/mol. The van der Waals surface area contributed by atoms with Gasteiger partial charge >= 0.3 is 5.97 Å². The fourth-order valence-corrected chi connectivity index (χ4v) is 3.39. The number of aromatic amines is 1. The van der Waals surface area contributed by atoms with Crippen molar-refractivity contribution in [2.75, 3.05) is 6.54 Å². The van der Waals surface area contributed by atoms with Gasteiger partial charge in [0.2, 0.25) is 10.0 Å². The van der Waals surface area contributed by atoms with Crippen molar-refractivity contribution in [1.29, 1.82) is 0 Å². The highest BCUT2D eigenvalue weighted by Gasteiger charge is 2.15. The Balaban J connectivity index is 1.89. The summed E-state index contributed by atoms with van der Waals surface area (Å²) in [5.41, 5.74) is 2.27. The number of carboxylic acids is 1. The molecule has 0 aliphatic carbocycles. The van der Waals surface area contributed by atoms with Crippen molar-refractivity contribution < 1.29 is 18.3 Å². The SMILES string of the molecule is O=C(O)CCNS(=O)(=O)c1cccc(-c2cnc3[nH]ccc3c2)c1. The number of aromatic nitrogens is 2. The zero-order chi connectivity index (χ0) is 17.2. The fourth-order valence-electron chi connectivity index (χ4n) is 2.32. The lowest BCUT2D eigenvalue weighted by Crippen LogP contribution is -2.26. The second-order valence-corrected chi connectivity index (χ2v) is 6.98. The molecule has 3 N–H and O–H groups in total. The summed E-state index contributed by atoms with van der Waals surface area (Å²) >= 11 is 0. The lowest BCUT2D eigenvalue weighted by molar-refractivity contribution is -0.136. The molecule has 0 atom stereocenters. The van der Waals surface area contributed by atoms with E-state index >= 15 is 0 Å². The third-order valence-electron chi connectivity index (χ3n) is 3.51. The van der Waals surface area contributed by atoms with Crippen LogP contribution in [0.5, 0.6) is 0 Å². The van der Waals surface area contributed by atoms with E-state index in [2.05, 4.69) is 14.7 Å². The van der Waals surface area contributed by atoms with Crippen molar-refractivity contribution in [2.24, 2.45) is 0 Å². The topological polar surface area (TPSA) is 112 Å². The zero-order valence-corrected chi connectivity index (χ0v) is 13.4. The van der Waals surface area contributed by atoms with E-state index in [-0.39, 0.29) is 17.9 Å². The second-order valence-electron chi connectivity index (χ2n) is 5.21. The van der Waals surface area contributed by atoms with Gasteiger partial charge in [0.25, 0.3) is 0 Å². The maximum atomic E-state index is 12.2. The first-order chi connectivity index (χ1) is 11.5. The first-order valence-electron chi connectivity index (χ1n) is 7.21. The molecule has 0 unspecified atom stereocenters. The Morgan fingerprint density at radius 2 is 2.04 bits per heavy atom. The summed E-state index contributed by atoms with van der Waals surface area (Å²) in [6.45, 7) is -0.154. The molecule has 2 heterocycles. The summed E-state index contributed by atoms with van der Waals surface area (Å²) in [6.07, 6.45) is 3.18. The molecule has 0 aliphatic heterocycles. The van der Waals surface area contributed by atoms with Crippen LogP contribution in [0.25, 0.3) is 22.2 Å². The van der Waals surface area contributed by atoms with Crippen LogP contribution in [-0.4, -0.2) is 36.0 Å². The van der Waals surface area contributed by atoms with E-state index in [9.17, 15) is 13.2 Å². The van der Waals surface area contributed by atoms with Crippen molar-refractivity contribution in [3.8, 4) is 11.1 Å². The number of carboxylic acid groups (broad SMARTS) is 1. The molecule has 124 valence electrons. The summed E-state index contributed by atoms with van der Waals surface area (Å²) in [5, 5.41) is 9.53. The normalized spacial score (nSPS) is 11.7. The number of nitrogens with zero attached hydrogens (tertiary/aromatic N) is 1. The number of benzene rings is 1. The van der Waals surface area contributed by atoms with Gasteiger partial charge in [-0.3, -0.25) is 4.79 Å². The lowest BCUT2D eigenvalue weighted by atomic mass is 10.1. The minimum absolute atomic E-state index is 0.0829. The van der Waals surface area contributed by atoms with Crippen LogP contribution in [0.3, 0.4) is 0 Å². The van der Waals surface area contributed by atoms with Gasteiger partial charge in [0, 0.05) is 29.9 Å². The summed E-state index contributed by atoms with van der Waals surface area (Å²) in [6, 6.07) is 10.3. The summed E-state index contributed by atoms with van der Waals surface area (Å²) in [4.78, 5) is 17.9.